The summed E-state index contributed by atoms with van der Waals surface area (Å²) in [4.78, 5) is 13.1. The predicted octanol–water partition coefficient (Wildman–Crippen LogP) is 8.20. The van der Waals surface area contributed by atoms with Crippen molar-refractivity contribution >= 4 is 14.3 Å². The van der Waals surface area contributed by atoms with E-state index in [0.29, 0.717) is 5.92 Å². The number of hydrogen-bond acceptors (Lipinski definition) is 6. The van der Waals surface area contributed by atoms with Crippen molar-refractivity contribution in [3.8, 4) is 0 Å². The molecule has 3 fully saturated rings. The lowest BCUT2D eigenvalue weighted by atomic mass is 9.83. The van der Waals surface area contributed by atoms with E-state index in [4.69, 9.17) is 23.4 Å². The van der Waals surface area contributed by atoms with Crippen molar-refractivity contribution in [3.05, 3.63) is 12.2 Å². The van der Waals surface area contributed by atoms with Gasteiger partial charge in [-0.1, -0.05) is 46.3 Å². The van der Waals surface area contributed by atoms with Gasteiger partial charge >= 0.3 is 5.97 Å². The highest BCUT2D eigenvalue weighted by Crippen LogP contribution is 2.57. The Labute approximate surface area is 239 Å². The van der Waals surface area contributed by atoms with Gasteiger partial charge in [-0.05, 0) is 89.8 Å². The van der Waals surface area contributed by atoms with E-state index in [1.165, 1.54) is 0 Å². The summed E-state index contributed by atoms with van der Waals surface area (Å²) in [6, 6.07) is 3.22. The Bertz CT molecular complexity index is 862. The van der Waals surface area contributed by atoms with Gasteiger partial charge in [0.05, 0.1) is 18.6 Å². The zero-order chi connectivity index (χ0) is 28.4. The van der Waals surface area contributed by atoms with Crippen molar-refractivity contribution in [2.45, 2.75) is 179 Å². The molecule has 0 radical (unpaired) electrons. The van der Waals surface area contributed by atoms with Crippen LogP contribution in [0.2, 0.25) is 18.1 Å². The van der Waals surface area contributed by atoms with Crippen LogP contribution < -0.4 is 0 Å². The van der Waals surface area contributed by atoms with Crippen LogP contribution in [-0.2, 0) is 28.2 Å². The number of allylic oxidation sites excluding steroid dienone is 1. The number of esters is 1. The first-order valence-electron chi connectivity index (χ1n) is 16.1. The first-order valence-corrected chi connectivity index (χ1v) is 18.6. The lowest BCUT2D eigenvalue weighted by molar-refractivity contribution is -0.383. The zero-order valence-corrected chi connectivity index (χ0v) is 26.9. The standard InChI is InChI=1S/C32H56O6Si/c1-8-39(9-2,10-3)38-30(7)20-18-26-23-28(33)36-29(5,6)19-16-14-12-11-13-15-17-27-25(4)24-31(35-27)21-22-32(30,34-26)37-31/h13,15,25-27H,8-12,14,16-24H2,1-7H3/t25-,26+,27+,30-,31+,32-/m1/s1. The number of ether oxygens (including phenoxy) is 4. The maximum absolute atomic E-state index is 13.1. The van der Waals surface area contributed by atoms with Crippen molar-refractivity contribution < 1.29 is 28.2 Å². The van der Waals surface area contributed by atoms with Gasteiger partial charge in [-0.3, -0.25) is 4.79 Å². The molecule has 0 aromatic carbocycles. The molecule has 0 unspecified atom stereocenters. The Kier molecular flexibility index (Phi) is 9.80. The summed E-state index contributed by atoms with van der Waals surface area (Å²) < 4.78 is 34.0. The molecule has 0 saturated carbocycles. The van der Waals surface area contributed by atoms with E-state index in [2.05, 4.69) is 46.8 Å². The summed E-state index contributed by atoms with van der Waals surface area (Å²) in [5.74, 6) is -1.33. The third-order valence-electron chi connectivity index (χ3n) is 10.3. The van der Waals surface area contributed by atoms with E-state index < -0.39 is 31.1 Å². The highest BCUT2D eigenvalue weighted by atomic mass is 28.4. The normalized spacial score (nSPS) is 40.0. The number of hydrogen-bond donors (Lipinski definition) is 0. The van der Waals surface area contributed by atoms with Crippen LogP contribution in [-0.4, -0.2) is 49.3 Å². The average molecular weight is 565 g/mol. The summed E-state index contributed by atoms with van der Waals surface area (Å²) in [6.07, 6.45) is 14.9. The highest BCUT2D eigenvalue weighted by Gasteiger charge is 2.66. The summed E-state index contributed by atoms with van der Waals surface area (Å²) in [7, 11) is -1.96. The van der Waals surface area contributed by atoms with Crippen LogP contribution in [0.3, 0.4) is 0 Å². The molecule has 0 aliphatic carbocycles. The minimum absolute atomic E-state index is 0.149. The van der Waals surface area contributed by atoms with Crippen LogP contribution in [0.15, 0.2) is 12.2 Å². The maximum Gasteiger partial charge on any atom is 0.308 e. The van der Waals surface area contributed by atoms with Crippen molar-refractivity contribution in [1.29, 1.82) is 0 Å². The molecule has 4 aliphatic heterocycles. The molecule has 4 rings (SSSR count). The lowest BCUT2D eigenvalue weighted by Crippen LogP contribution is -2.64. The second kappa shape index (κ2) is 12.2. The van der Waals surface area contributed by atoms with Crippen LogP contribution >= 0.6 is 0 Å². The molecule has 0 aromatic heterocycles. The Hall–Kier alpha value is -0.733. The minimum Gasteiger partial charge on any atom is -0.460 e. The Balaban J connectivity index is 1.63. The number of rotatable bonds is 5. The van der Waals surface area contributed by atoms with Gasteiger partial charge in [-0.15, -0.1) is 0 Å². The molecule has 4 heterocycles. The summed E-state index contributed by atoms with van der Waals surface area (Å²) in [5.41, 5.74) is -1.04. The van der Waals surface area contributed by atoms with Gasteiger partial charge < -0.3 is 23.4 Å². The third kappa shape index (κ3) is 6.85. The van der Waals surface area contributed by atoms with E-state index >= 15 is 0 Å². The van der Waals surface area contributed by atoms with Gasteiger partial charge in [0.15, 0.2) is 19.9 Å². The predicted molar refractivity (Wildman–Crippen MR) is 157 cm³/mol. The quantitative estimate of drug-likeness (QED) is 0.191. The molecule has 4 aliphatic rings. The SMILES string of the molecule is CC[Si](CC)(CC)O[C@]1(C)CC[C@H]2CC(=O)OC(C)(C)CCCCCC=CC[C@@H]3O[C@]4(CC[C@@]1(O2)O4)C[C@H]3C. The minimum atomic E-state index is -1.96. The molecule has 3 saturated heterocycles. The van der Waals surface area contributed by atoms with Crippen molar-refractivity contribution in [2.24, 2.45) is 5.92 Å². The van der Waals surface area contributed by atoms with Gasteiger partial charge in [-0.25, -0.2) is 0 Å². The van der Waals surface area contributed by atoms with E-state index in [1.54, 1.807) is 0 Å². The molecular weight excluding hydrogens is 508 g/mol. The molecule has 2 spiro atoms. The molecule has 0 amide bonds. The fourth-order valence-corrected chi connectivity index (χ4v) is 10.6. The molecule has 0 N–H and O–H groups in total. The fourth-order valence-electron chi connectivity index (χ4n) is 7.50. The van der Waals surface area contributed by atoms with Crippen LogP contribution in [0, 0.1) is 5.92 Å². The van der Waals surface area contributed by atoms with Gasteiger partial charge in [0.25, 0.3) is 0 Å². The Morgan fingerprint density at radius 3 is 2.41 bits per heavy atom. The molecule has 39 heavy (non-hydrogen) atoms. The molecular formula is C32H56O6Si. The third-order valence-corrected chi connectivity index (χ3v) is 15.0. The maximum atomic E-state index is 13.1. The van der Waals surface area contributed by atoms with E-state index in [1.807, 2.05) is 13.8 Å². The topological polar surface area (TPSA) is 63.2 Å². The molecule has 6 atom stereocenters. The number of carbonyl (C=O) groups excluding carboxylic acids is 1. The second-order valence-electron chi connectivity index (χ2n) is 13.7. The largest absolute Gasteiger partial charge is 0.460 e. The Morgan fingerprint density at radius 2 is 1.69 bits per heavy atom. The van der Waals surface area contributed by atoms with E-state index in [-0.39, 0.29) is 24.6 Å². The smallest absolute Gasteiger partial charge is 0.308 e. The molecule has 224 valence electrons. The zero-order valence-electron chi connectivity index (χ0n) is 25.9. The van der Waals surface area contributed by atoms with Crippen molar-refractivity contribution in [3.63, 3.8) is 0 Å². The van der Waals surface area contributed by atoms with Gasteiger partial charge in [0.1, 0.15) is 11.2 Å². The molecule has 0 aromatic rings. The number of cyclic esters (lactones) is 1. The second-order valence-corrected chi connectivity index (χ2v) is 18.4. The highest BCUT2D eigenvalue weighted by molar-refractivity contribution is 6.73. The summed E-state index contributed by atoms with van der Waals surface area (Å²) in [5, 5.41) is 0. The first kappa shape index (κ1) is 31.2. The van der Waals surface area contributed by atoms with Crippen molar-refractivity contribution in [1.82, 2.24) is 0 Å². The Morgan fingerprint density at radius 1 is 0.949 bits per heavy atom. The molecule has 4 bridgehead atoms. The lowest BCUT2D eigenvalue weighted by Gasteiger charge is -2.54. The summed E-state index contributed by atoms with van der Waals surface area (Å²) >= 11 is 0. The first-order chi connectivity index (χ1) is 18.4. The van der Waals surface area contributed by atoms with Gasteiger partial charge in [0, 0.05) is 19.3 Å². The summed E-state index contributed by atoms with van der Waals surface area (Å²) in [6.45, 7) is 15.4. The van der Waals surface area contributed by atoms with E-state index in [0.717, 1.165) is 88.8 Å². The van der Waals surface area contributed by atoms with Crippen LogP contribution in [0.4, 0.5) is 0 Å². The van der Waals surface area contributed by atoms with E-state index in [9.17, 15) is 4.79 Å². The average Bonchev–Trinajstić information content (AvgIpc) is 3.39. The van der Waals surface area contributed by atoms with Gasteiger partial charge in [0.2, 0.25) is 0 Å². The monoisotopic (exact) mass is 564 g/mol. The van der Waals surface area contributed by atoms with Crippen LogP contribution in [0.1, 0.15) is 126 Å². The fraction of sp³-hybridized carbons (Fsp3) is 0.906. The van der Waals surface area contributed by atoms with Crippen LogP contribution in [0.25, 0.3) is 0 Å². The number of fused-ring (bicyclic) bond motifs is 2. The number of carbonyl (C=O) groups is 1. The van der Waals surface area contributed by atoms with Gasteiger partial charge in [-0.2, -0.15) is 0 Å². The van der Waals surface area contributed by atoms with Crippen LogP contribution in [0.5, 0.6) is 0 Å². The molecule has 6 nitrogen and oxygen atoms in total. The molecule has 7 heteroatoms. The van der Waals surface area contributed by atoms with Crippen molar-refractivity contribution in [2.75, 3.05) is 0 Å².